The van der Waals surface area contributed by atoms with Crippen LogP contribution in [-0.2, 0) is 11.2 Å². The topological polar surface area (TPSA) is 93.4 Å². The van der Waals surface area contributed by atoms with Crippen molar-refractivity contribution in [3.05, 3.63) is 63.2 Å². The van der Waals surface area contributed by atoms with E-state index < -0.39 is 6.23 Å². The summed E-state index contributed by atoms with van der Waals surface area (Å²) in [7, 11) is 0. The minimum atomic E-state index is -0.867. The number of amides is 1. The van der Waals surface area contributed by atoms with Gasteiger partial charge in [0.1, 0.15) is 11.9 Å². The molecular weight excluding hydrogens is 458 g/mol. The van der Waals surface area contributed by atoms with E-state index in [4.69, 9.17) is 0 Å². The average molecular weight is 494 g/mol. The lowest BCUT2D eigenvalue weighted by Gasteiger charge is -2.39. The van der Waals surface area contributed by atoms with Gasteiger partial charge in [-0.25, -0.2) is 0 Å². The largest absolute Gasteiger partial charge is 0.374 e. The fourth-order valence-electron chi connectivity index (χ4n) is 5.82. The van der Waals surface area contributed by atoms with Crippen LogP contribution in [0.15, 0.2) is 36.4 Å². The normalized spacial score (nSPS) is 20.7. The van der Waals surface area contributed by atoms with Crippen LogP contribution < -0.4 is 9.80 Å². The molecule has 1 unspecified atom stereocenters. The van der Waals surface area contributed by atoms with E-state index >= 15 is 0 Å². The van der Waals surface area contributed by atoms with E-state index in [1.165, 1.54) is 11.3 Å². The van der Waals surface area contributed by atoms with Gasteiger partial charge >= 0.3 is 0 Å². The van der Waals surface area contributed by atoms with Gasteiger partial charge in [-0.15, -0.1) is 0 Å². The molecule has 192 valence electrons. The number of hydrogen-bond acceptors (Lipinski definition) is 7. The number of fused-ring (bicyclic) bond motifs is 1. The second-order valence-corrected chi connectivity index (χ2v) is 10.1. The molecule has 0 spiro atoms. The first kappa shape index (κ1) is 24.5. The Hall–Kier alpha value is -3.17. The minimum Gasteiger partial charge on any atom is -0.374 e. The standard InChI is InChI=1S/C27H35N5O4/c1-20-6-2-3-7-23(20)28-14-16-29(17-15-28)24-18-21-9-13-31(12-5-11-30-10-4-8-26(30)33)27(34)22(21)19-25(24)32(35)36/h2-3,6-7,18-19,27,34H,4-5,8-17H2,1H3. The van der Waals surface area contributed by atoms with Gasteiger partial charge < -0.3 is 19.8 Å². The zero-order chi connectivity index (χ0) is 25.2. The van der Waals surface area contributed by atoms with Crippen LogP contribution in [0.2, 0.25) is 0 Å². The number of aliphatic hydroxyl groups excluding tert-OH is 1. The summed E-state index contributed by atoms with van der Waals surface area (Å²) in [6.45, 7) is 7.98. The van der Waals surface area contributed by atoms with E-state index in [9.17, 15) is 20.0 Å². The monoisotopic (exact) mass is 493 g/mol. The van der Waals surface area contributed by atoms with Gasteiger partial charge in [0.05, 0.1) is 4.92 Å². The molecule has 3 aliphatic rings. The van der Waals surface area contributed by atoms with Gasteiger partial charge in [-0.05, 0) is 49.4 Å². The number of anilines is 2. The molecule has 2 aromatic carbocycles. The number of hydrogen-bond donors (Lipinski definition) is 1. The number of rotatable bonds is 7. The van der Waals surface area contributed by atoms with Gasteiger partial charge in [-0.2, -0.15) is 0 Å². The summed E-state index contributed by atoms with van der Waals surface area (Å²) in [5.74, 6) is 0.211. The SMILES string of the molecule is Cc1ccccc1N1CCN(c2cc3c(cc2[N+](=O)[O-])C(O)N(CCCN2CCCC2=O)CC3)CC1. The van der Waals surface area contributed by atoms with Crippen LogP contribution in [0.5, 0.6) is 0 Å². The quantitative estimate of drug-likeness (QED) is 0.468. The Kier molecular flexibility index (Phi) is 7.11. The number of carbonyl (C=O) groups is 1. The third-order valence-corrected chi connectivity index (χ3v) is 7.85. The molecule has 0 bridgehead atoms. The van der Waals surface area contributed by atoms with Gasteiger partial charge in [0.15, 0.2) is 0 Å². The number of aryl methyl sites for hydroxylation is 1. The predicted octanol–water partition coefficient (Wildman–Crippen LogP) is 3.09. The lowest BCUT2D eigenvalue weighted by Crippen LogP contribution is -2.47. The van der Waals surface area contributed by atoms with Gasteiger partial charge in [0.2, 0.25) is 5.91 Å². The van der Waals surface area contributed by atoms with E-state index in [0.717, 1.165) is 44.5 Å². The molecule has 9 nitrogen and oxygen atoms in total. The highest BCUT2D eigenvalue weighted by Gasteiger charge is 2.32. The summed E-state index contributed by atoms with van der Waals surface area (Å²) in [5.41, 5.74) is 4.77. The lowest BCUT2D eigenvalue weighted by atomic mass is 9.95. The average Bonchev–Trinajstić information content (AvgIpc) is 3.29. The zero-order valence-electron chi connectivity index (χ0n) is 20.9. The molecule has 1 atom stereocenters. The Morgan fingerprint density at radius 1 is 0.972 bits per heavy atom. The summed E-state index contributed by atoms with van der Waals surface area (Å²) >= 11 is 0. The van der Waals surface area contributed by atoms with E-state index in [2.05, 4.69) is 28.9 Å². The highest BCUT2D eigenvalue weighted by molar-refractivity contribution is 5.78. The van der Waals surface area contributed by atoms with Crippen molar-refractivity contribution in [2.45, 2.75) is 38.8 Å². The van der Waals surface area contributed by atoms with Crippen LogP contribution in [0.4, 0.5) is 17.1 Å². The number of carbonyl (C=O) groups excluding carboxylic acids is 1. The molecule has 1 amide bonds. The van der Waals surface area contributed by atoms with Gasteiger partial charge in [-0.3, -0.25) is 19.8 Å². The molecule has 9 heteroatoms. The number of aliphatic hydroxyl groups is 1. The Bertz CT molecular complexity index is 1130. The zero-order valence-corrected chi connectivity index (χ0v) is 20.9. The number of nitrogens with zero attached hydrogens (tertiary/aromatic N) is 5. The summed E-state index contributed by atoms with van der Waals surface area (Å²) < 4.78 is 0. The third-order valence-electron chi connectivity index (χ3n) is 7.85. The van der Waals surface area contributed by atoms with Crippen molar-refractivity contribution in [3.8, 4) is 0 Å². The Morgan fingerprint density at radius 2 is 1.69 bits per heavy atom. The molecule has 3 aliphatic heterocycles. The maximum Gasteiger partial charge on any atom is 0.292 e. The van der Waals surface area contributed by atoms with Crippen LogP contribution in [0.25, 0.3) is 0 Å². The molecule has 3 heterocycles. The fraction of sp³-hybridized carbons (Fsp3) is 0.519. The second-order valence-electron chi connectivity index (χ2n) is 10.1. The lowest BCUT2D eigenvalue weighted by molar-refractivity contribution is -0.384. The minimum absolute atomic E-state index is 0.0571. The summed E-state index contributed by atoms with van der Waals surface area (Å²) in [6, 6.07) is 11.8. The molecule has 2 saturated heterocycles. The Labute approximate surface area is 212 Å². The van der Waals surface area contributed by atoms with Crippen molar-refractivity contribution < 1.29 is 14.8 Å². The van der Waals surface area contributed by atoms with Crippen molar-refractivity contribution in [3.63, 3.8) is 0 Å². The molecule has 0 aliphatic carbocycles. The first-order chi connectivity index (χ1) is 17.4. The van der Waals surface area contributed by atoms with Crippen molar-refractivity contribution in [1.82, 2.24) is 9.80 Å². The number of nitro groups is 1. The molecule has 5 rings (SSSR count). The second kappa shape index (κ2) is 10.4. The van der Waals surface area contributed by atoms with Crippen molar-refractivity contribution in [2.24, 2.45) is 0 Å². The molecule has 2 aromatic rings. The van der Waals surface area contributed by atoms with Crippen LogP contribution in [0, 0.1) is 17.0 Å². The van der Waals surface area contributed by atoms with Crippen LogP contribution in [0.3, 0.4) is 0 Å². The van der Waals surface area contributed by atoms with E-state index in [-0.39, 0.29) is 16.5 Å². The Balaban J connectivity index is 1.28. The molecular formula is C27H35N5O4. The smallest absolute Gasteiger partial charge is 0.292 e. The molecule has 2 fully saturated rings. The van der Waals surface area contributed by atoms with Gasteiger partial charge in [0.25, 0.3) is 5.69 Å². The van der Waals surface area contributed by atoms with Crippen LogP contribution >= 0.6 is 0 Å². The summed E-state index contributed by atoms with van der Waals surface area (Å²) in [5, 5.41) is 23.1. The predicted molar refractivity (Wildman–Crippen MR) is 139 cm³/mol. The van der Waals surface area contributed by atoms with E-state index in [0.29, 0.717) is 50.4 Å². The van der Waals surface area contributed by atoms with Crippen LogP contribution in [0.1, 0.15) is 42.2 Å². The molecule has 0 radical (unpaired) electrons. The number of benzene rings is 2. The molecule has 0 saturated carbocycles. The number of para-hydroxylation sites is 1. The van der Waals surface area contributed by atoms with Crippen molar-refractivity contribution in [2.75, 3.05) is 62.2 Å². The van der Waals surface area contributed by atoms with Crippen molar-refractivity contribution in [1.29, 1.82) is 0 Å². The Morgan fingerprint density at radius 3 is 2.36 bits per heavy atom. The van der Waals surface area contributed by atoms with E-state index in [1.807, 2.05) is 28.0 Å². The maximum absolute atomic E-state index is 12.1. The maximum atomic E-state index is 12.1. The first-order valence-corrected chi connectivity index (χ1v) is 13.0. The number of piperazine rings is 1. The summed E-state index contributed by atoms with van der Waals surface area (Å²) in [4.78, 5) is 31.9. The summed E-state index contributed by atoms with van der Waals surface area (Å²) in [6.07, 6.45) is 2.21. The number of nitro benzene ring substituents is 1. The highest BCUT2D eigenvalue weighted by Crippen LogP contribution is 2.38. The number of likely N-dealkylation sites (tertiary alicyclic amines) is 1. The van der Waals surface area contributed by atoms with Gasteiger partial charge in [0, 0.05) is 76.1 Å². The fourth-order valence-corrected chi connectivity index (χ4v) is 5.82. The van der Waals surface area contributed by atoms with Gasteiger partial charge in [-0.1, -0.05) is 18.2 Å². The molecule has 36 heavy (non-hydrogen) atoms. The van der Waals surface area contributed by atoms with Crippen LogP contribution in [-0.4, -0.2) is 78.1 Å². The highest BCUT2D eigenvalue weighted by atomic mass is 16.6. The van der Waals surface area contributed by atoms with Crippen molar-refractivity contribution >= 4 is 23.0 Å². The third kappa shape index (κ3) is 4.90. The molecule has 1 N–H and O–H groups in total. The van der Waals surface area contributed by atoms with E-state index in [1.54, 1.807) is 6.07 Å². The first-order valence-electron chi connectivity index (χ1n) is 13.0. The molecule has 0 aromatic heterocycles.